The van der Waals surface area contributed by atoms with Gasteiger partial charge in [-0.15, -0.1) is 0 Å². The second-order valence-corrected chi connectivity index (χ2v) is 9.04. The quantitative estimate of drug-likeness (QED) is 0.299. The molecule has 1 unspecified atom stereocenters. The number of hydrogen-bond acceptors (Lipinski definition) is 5. The van der Waals surface area contributed by atoms with E-state index in [0.717, 1.165) is 17.5 Å². The number of aromatic nitrogens is 2. The van der Waals surface area contributed by atoms with Crippen molar-refractivity contribution < 1.29 is 14.3 Å². The first-order chi connectivity index (χ1) is 17.9. The third-order valence-corrected chi connectivity index (χ3v) is 6.34. The van der Waals surface area contributed by atoms with E-state index in [-0.39, 0.29) is 18.1 Å². The summed E-state index contributed by atoms with van der Waals surface area (Å²) in [5.74, 6) is 0.866. The van der Waals surface area contributed by atoms with Crippen molar-refractivity contribution in [2.45, 2.75) is 39.8 Å². The number of ether oxygens (including phenoxy) is 2. The summed E-state index contributed by atoms with van der Waals surface area (Å²) in [5.41, 5.74) is 2.95. The number of amides is 1. The second-order valence-electron chi connectivity index (χ2n) is 9.04. The number of nitrogens with zero attached hydrogens (tertiary/aromatic N) is 3. The first kappa shape index (κ1) is 26.1. The van der Waals surface area contributed by atoms with Gasteiger partial charge in [-0.25, -0.2) is 4.98 Å². The molecule has 1 aromatic heterocycles. The Labute approximate surface area is 217 Å². The number of aryl methyl sites for hydroxylation is 1. The number of fused-ring (bicyclic) bond motifs is 1. The Bertz CT molecular complexity index is 1430. The summed E-state index contributed by atoms with van der Waals surface area (Å²) in [6.07, 6.45) is 0.750. The van der Waals surface area contributed by atoms with Crippen LogP contribution in [0, 0.1) is 6.92 Å². The predicted octanol–water partition coefficient (Wildman–Crippen LogP) is 5.22. The van der Waals surface area contributed by atoms with Crippen LogP contribution in [0.25, 0.3) is 16.6 Å². The molecule has 4 rings (SSSR count). The molecule has 1 atom stereocenters. The normalized spacial score (nSPS) is 11.9. The first-order valence-corrected chi connectivity index (χ1v) is 12.5. The Morgan fingerprint density at radius 1 is 1.05 bits per heavy atom. The largest absolute Gasteiger partial charge is 0.495 e. The maximum absolute atomic E-state index is 13.9. The molecule has 0 N–H and O–H groups in total. The Balaban J connectivity index is 1.76. The van der Waals surface area contributed by atoms with Crippen LogP contribution in [-0.2, 0) is 16.1 Å². The third-order valence-electron chi connectivity index (χ3n) is 6.34. The lowest BCUT2D eigenvalue weighted by molar-refractivity contribution is -0.139. The Morgan fingerprint density at radius 3 is 2.51 bits per heavy atom. The van der Waals surface area contributed by atoms with Crippen LogP contribution in [0.15, 0.2) is 77.6 Å². The highest BCUT2D eigenvalue weighted by molar-refractivity contribution is 5.79. The van der Waals surface area contributed by atoms with Gasteiger partial charge < -0.3 is 14.4 Å². The van der Waals surface area contributed by atoms with Crippen molar-refractivity contribution in [2.24, 2.45) is 0 Å². The average molecular weight is 500 g/mol. The molecular weight excluding hydrogens is 466 g/mol. The summed E-state index contributed by atoms with van der Waals surface area (Å²) in [6, 6.07) is 22.2. The number of carbonyl (C=O) groups excluding carboxylic acids is 1. The molecule has 4 aromatic rings. The van der Waals surface area contributed by atoms with Crippen LogP contribution in [0.3, 0.4) is 0 Å². The molecule has 0 aliphatic heterocycles. The maximum Gasteiger partial charge on any atom is 0.266 e. The van der Waals surface area contributed by atoms with Gasteiger partial charge in [-0.1, -0.05) is 55.5 Å². The minimum atomic E-state index is -0.490. The van der Waals surface area contributed by atoms with Gasteiger partial charge in [0.05, 0.1) is 36.3 Å². The third kappa shape index (κ3) is 5.73. The molecule has 0 bridgehead atoms. The van der Waals surface area contributed by atoms with Crippen molar-refractivity contribution in [3.63, 3.8) is 0 Å². The molecule has 7 nitrogen and oxygen atoms in total. The molecule has 0 spiro atoms. The number of rotatable bonds is 10. The summed E-state index contributed by atoms with van der Waals surface area (Å²) in [5, 5.41) is 0.501. The van der Waals surface area contributed by atoms with Crippen LogP contribution >= 0.6 is 0 Å². The van der Waals surface area contributed by atoms with Gasteiger partial charge in [-0.2, -0.15) is 0 Å². The summed E-state index contributed by atoms with van der Waals surface area (Å²) >= 11 is 0. The van der Waals surface area contributed by atoms with Gasteiger partial charge in [0.2, 0.25) is 5.91 Å². The Kier molecular flexibility index (Phi) is 8.36. The molecule has 0 saturated heterocycles. The summed E-state index contributed by atoms with van der Waals surface area (Å²) < 4.78 is 13.0. The zero-order valence-electron chi connectivity index (χ0n) is 21.8. The minimum absolute atomic E-state index is 0.0647. The van der Waals surface area contributed by atoms with E-state index >= 15 is 0 Å². The standard InChI is InChI=1S/C30H33N3O4/c1-5-17-32(28(34)20-37-19-23-11-7-6-8-12-23)22(3)29-31-25-14-10-9-13-24(25)30(35)33(29)26-18-21(2)15-16-27(26)36-4/h6-16,18,22H,5,17,19-20H2,1-4H3. The van der Waals surface area contributed by atoms with E-state index in [9.17, 15) is 9.59 Å². The molecule has 0 aliphatic carbocycles. The van der Waals surface area contributed by atoms with Crippen LogP contribution in [0.4, 0.5) is 0 Å². The number of hydrogen-bond donors (Lipinski definition) is 0. The van der Waals surface area contributed by atoms with Gasteiger partial charge in [-0.3, -0.25) is 14.2 Å². The monoisotopic (exact) mass is 499 g/mol. The predicted molar refractivity (Wildman–Crippen MR) is 145 cm³/mol. The summed E-state index contributed by atoms with van der Waals surface area (Å²) in [7, 11) is 1.58. The number of benzene rings is 3. The topological polar surface area (TPSA) is 73.7 Å². The molecule has 192 valence electrons. The van der Waals surface area contributed by atoms with E-state index in [1.807, 2.05) is 87.5 Å². The van der Waals surface area contributed by atoms with Crippen molar-refractivity contribution >= 4 is 16.8 Å². The fourth-order valence-electron chi connectivity index (χ4n) is 4.47. The molecule has 7 heteroatoms. The average Bonchev–Trinajstić information content (AvgIpc) is 2.92. The van der Waals surface area contributed by atoms with E-state index in [1.165, 1.54) is 0 Å². The lowest BCUT2D eigenvalue weighted by atomic mass is 10.1. The van der Waals surface area contributed by atoms with Crippen molar-refractivity contribution in [3.8, 4) is 11.4 Å². The van der Waals surface area contributed by atoms with Crippen LogP contribution in [0.2, 0.25) is 0 Å². The lowest BCUT2D eigenvalue weighted by Crippen LogP contribution is -2.39. The highest BCUT2D eigenvalue weighted by Gasteiger charge is 2.27. The van der Waals surface area contributed by atoms with E-state index in [1.54, 1.807) is 22.6 Å². The SMILES string of the molecule is CCCN(C(=O)COCc1ccccc1)C(C)c1nc2ccccc2c(=O)n1-c1cc(C)ccc1OC. The van der Waals surface area contributed by atoms with E-state index < -0.39 is 6.04 Å². The molecule has 0 fully saturated rings. The Morgan fingerprint density at radius 2 is 1.78 bits per heavy atom. The van der Waals surface area contributed by atoms with E-state index in [0.29, 0.717) is 41.3 Å². The second kappa shape index (κ2) is 11.8. The number of para-hydroxylation sites is 1. The van der Waals surface area contributed by atoms with Gasteiger partial charge in [0, 0.05) is 6.54 Å². The fourth-order valence-corrected chi connectivity index (χ4v) is 4.47. The lowest BCUT2D eigenvalue weighted by Gasteiger charge is -2.30. The van der Waals surface area contributed by atoms with Crippen molar-refractivity contribution in [3.05, 3.63) is 100 Å². The van der Waals surface area contributed by atoms with E-state index in [4.69, 9.17) is 14.5 Å². The highest BCUT2D eigenvalue weighted by Crippen LogP contribution is 2.28. The first-order valence-electron chi connectivity index (χ1n) is 12.5. The van der Waals surface area contributed by atoms with Crippen LogP contribution in [0.5, 0.6) is 5.75 Å². The highest BCUT2D eigenvalue weighted by atomic mass is 16.5. The zero-order valence-corrected chi connectivity index (χ0v) is 21.8. The number of methoxy groups -OCH3 is 1. The maximum atomic E-state index is 13.9. The molecule has 0 saturated carbocycles. The minimum Gasteiger partial charge on any atom is -0.495 e. The van der Waals surface area contributed by atoms with Gasteiger partial charge >= 0.3 is 0 Å². The molecule has 1 heterocycles. The van der Waals surface area contributed by atoms with Crippen LogP contribution < -0.4 is 10.3 Å². The molecule has 0 aliphatic rings. The van der Waals surface area contributed by atoms with Gasteiger partial charge in [-0.05, 0) is 55.7 Å². The molecule has 3 aromatic carbocycles. The van der Waals surface area contributed by atoms with Crippen molar-refractivity contribution in [2.75, 3.05) is 20.3 Å². The summed E-state index contributed by atoms with van der Waals surface area (Å²) in [6.45, 7) is 6.67. The van der Waals surface area contributed by atoms with Crippen LogP contribution in [0.1, 0.15) is 43.3 Å². The molecule has 1 amide bonds. The van der Waals surface area contributed by atoms with Crippen molar-refractivity contribution in [1.82, 2.24) is 14.5 Å². The zero-order chi connectivity index (χ0) is 26.4. The van der Waals surface area contributed by atoms with E-state index in [2.05, 4.69) is 0 Å². The smallest absolute Gasteiger partial charge is 0.266 e. The number of carbonyl (C=O) groups is 1. The van der Waals surface area contributed by atoms with Crippen LogP contribution in [-0.4, -0.2) is 40.6 Å². The Hall–Kier alpha value is -3.97. The molecular formula is C30H33N3O4. The molecule has 0 radical (unpaired) electrons. The fraction of sp³-hybridized carbons (Fsp3) is 0.300. The van der Waals surface area contributed by atoms with Gasteiger partial charge in [0.15, 0.2) is 0 Å². The summed E-state index contributed by atoms with van der Waals surface area (Å²) in [4.78, 5) is 33.9. The van der Waals surface area contributed by atoms with Crippen molar-refractivity contribution in [1.29, 1.82) is 0 Å². The van der Waals surface area contributed by atoms with Gasteiger partial charge in [0.25, 0.3) is 5.56 Å². The van der Waals surface area contributed by atoms with Gasteiger partial charge in [0.1, 0.15) is 18.2 Å². The molecule has 37 heavy (non-hydrogen) atoms.